The molecule has 1 heterocycles. The van der Waals surface area contributed by atoms with Crippen molar-refractivity contribution in [3.8, 4) is 0 Å². The number of aryl methyl sites for hydroxylation is 1. The predicted molar refractivity (Wildman–Crippen MR) is 85.9 cm³/mol. The number of amides is 1. The molecule has 3 rings (SSSR count). The summed E-state index contributed by atoms with van der Waals surface area (Å²) in [6.07, 6.45) is -5.87. The Balaban J connectivity index is 2.06. The van der Waals surface area contributed by atoms with Gasteiger partial charge < -0.3 is 5.11 Å². The number of hydrogen-bond donors (Lipinski definition) is 1. The van der Waals surface area contributed by atoms with E-state index in [4.69, 9.17) is 0 Å². The maximum absolute atomic E-state index is 13.5. The molecule has 0 radical (unpaired) electrons. The smallest absolute Gasteiger partial charge is 0.362 e. The van der Waals surface area contributed by atoms with Gasteiger partial charge in [0.2, 0.25) is 0 Å². The van der Waals surface area contributed by atoms with E-state index < -0.39 is 24.2 Å². The molecule has 1 N–H and O–H groups in total. The van der Waals surface area contributed by atoms with Crippen molar-refractivity contribution in [2.45, 2.75) is 25.2 Å². The fourth-order valence-electron chi connectivity index (χ4n) is 2.67. The van der Waals surface area contributed by atoms with E-state index >= 15 is 0 Å². The molecule has 2 aromatic rings. The normalized spacial score (nSPS) is 20.5. The molecule has 0 aliphatic carbocycles. The highest BCUT2D eigenvalue weighted by molar-refractivity contribution is 6.05. The van der Waals surface area contributed by atoms with Crippen molar-refractivity contribution in [2.24, 2.45) is 5.10 Å². The summed E-state index contributed by atoms with van der Waals surface area (Å²) in [4.78, 5) is 12.5. The monoisotopic (exact) mass is 348 g/mol. The first-order valence-corrected chi connectivity index (χ1v) is 7.55. The molecule has 7 heteroatoms. The Bertz CT molecular complexity index is 834. The number of carbonyl (C=O) groups is 1. The second kappa shape index (κ2) is 6.00. The van der Waals surface area contributed by atoms with E-state index in [1.807, 2.05) is 0 Å². The lowest BCUT2D eigenvalue weighted by molar-refractivity contribution is -0.297. The minimum atomic E-state index is -5.05. The summed E-state index contributed by atoms with van der Waals surface area (Å²) < 4.78 is 40.6. The second-order valence-electron chi connectivity index (χ2n) is 5.89. The summed E-state index contributed by atoms with van der Waals surface area (Å²) in [5.74, 6) is -1.01. The Morgan fingerprint density at radius 3 is 2.44 bits per heavy atom. The van der Waals surface area contributed by atoms with E-state index in [2.05, 4.69) is 5.10 Å². The van der Waals surface area contributed by atoms with Crippen LogP contribution in [0.3, 0.4) is 0 Å². The molecule has 1 unspecified atom stereocenters. The quantitative estimate of drug-likeness (QED) is 0.903. The maximum Gasteiger partial charge on any atom is 0.438 e. The third-order valence-corrected chi connectivity index (χ3v) is 4.00. The number of hydrazone groups is 1. The van der Waals surface area contributed by atoms with Crippen molar-refractivity contribution in [3.05, 3.63) is 71.3 Å². The van der Waals surface area contributed by atoms with Crippen LogP contribution in [0.5, 0.6) is 0 Å². The van der Waals surface area contributed by atoms with Crippen molar-refractivity contribution < 1.29 is 23.1 Å². The van der Waals surface area contributed by atoms with Gasteiger partial charge in [-0.2, -0.15) is 23.3 Å². The number of aliphatic hydroxyl groups is 1. The van der Waals surface area contributed by atoms with Gasteiger partial charge in [-0.05, 0) is 24.6 Å². The highest BCUT2D eigenvalue weighted by Crippen LogP contribution is 2.42. The zero-order chi connectivity index (χ0) is 18.2. The second-order valence-corrected chi connectivity index (χ2v) is 5.89. The largest absolute Gasteiger partial charge is 0.438 e. The number of rotatable bonds is 2. The molecule has 1 aliphatic heterocycles. The van der Waals surface area contributed by atoms with Crippen molar-refractivity contribution >= 4 is 11.6 Å². The molecule has 1 aliphatic rings. The van der Waals surface area contributed by atoms with Crippen LogP contribution in [0.1, 0.15) is 27.9 Å². The molecule has 0 bridgehead atoms. The lowest BCUT2D eigenvalue weighted by atomic mass is 9.99. The standard InChI is InChI=1S/C18H15F3N2O2/c1-12-6-5-9-14(10-12)15-11-17(25,18(19,20)21)23(22-15)16(24)13-7-3-2-4-8-13/h2-10,25H,11H2,1H3. The van der Waals surface area contributed by atoms with E-state index in [-0.39, 0.29) is 16.3 Å². The van der Waals surface area contributed by atoms with Gasteiger partial charge in [0, 0.05) is 5.56 Å². The lowest BCUT2D eigenvalue weighted by Crippen LogP contribution is -2.56. The van der Waals surface area contributed by atoms with Gasteiger partial charge in [-0.25, -0.2) is 0 Å². The van der Waals surface area contributed by atoms with Gasteiger partial charge in [0.05, 0.1) is 12.1 Å². The van der Waals surface area contributed by atoms with E-state index in [0.717, 1.165) is 5.56 Å². The van der Waals surface area contributed by atoms with Gasteiger partial charge in [0.25, 0.3) is 11.6 Å². The van der Waals surface area contributed by atoms with Crippen LogP contribution < -0.4 is 0 Å². The first kappa shape index (κ1) is 17.2. The minimum absolute atomic E-state index is 0.00723. The Labute approximate surface area is 142 Å². The molecule has 0 saturated heterocycles. The van der Waals surface area contributed by atoms with Crippen LogP contribution in [0.25, 0.3) is 0 Å². The van der Waals surface area contributed by atoms with E-state index in [1.165, 1.54) is 24.3 Å². The molecule has 25 heavy (non-hydrogen) atoms. The van der Waals surface area contributed by atoms with Crippen LogP contribution >= 0.6 is 0 Å². The molecule has 1 atom stereocenters. The van der Waals surface area contributed by atoms with Crippen molar-refractivity contribution in [1.29, 1.82) is 0 Å². The number of benzene rings is 2. The fraction of sp³-hybridized carbons (Fsp3) is 0.222. The SMILES string of the molecule is Cc1cccc(C2=NN(C(=O)c3ccccc3)C(O)(C(F)(F)F)C2)c1. The van der Waals surface area contributed by atoms with Crippen LogP contribution in [0, 0.1) is 6.92 Å². The minimum Gasteiger partial charge on any atom is -0.362 e. The number of halogens is 3. The lowest BCUT2D eigenvalue weighted by Gasteiger charge is -2.32. The average Bonchev–Trinajstić information content (AvgIpc) is 2.94. The highest BCUT2D eigenvalue weighted by Gasteiger charge is 2.63. The number of nitrogens with zero attached hydrogens (tertiary/aromatic N) is 2. The fourth-order valence-corrected chi connectivity index (χ4v) is 2.67. The molecular weight excluding hydrogens is 333 g/mol. The van der Waals surface area contributed by atoms with Gasteiger partial charge in [0.1, 0.15) is 0 Å². The van der Waals surface area contributed by atoms with E-state index in [1.54, 1.807) is 37.3 Å². The number of carbonyl (C=O) groups excluding carboxylic acids is 1. The summed E-state index contributed by atoms with van der Waals surface area (Å²) in [6, 6.07) is 14.2. The third kappa shape index (κ3) is 3.02. The number of hydrogen-bond acceptors (Lipinski definition) is 3. The van der Waals surface area contributed by atoms with Gasteiger partial charge in [-0.3, -0.25) is 4.79 Å². The molecule has 0 fully saturated rings. The van der Waals surface area contributed by atoms with Crippen LogP contribution in [0.15, 0.2) is 59.7 Å². The topological polar surface area (TPSA) is 52.9 Å². The number of alkyl halides is 3. The molecule has 0 spiro atoms. The average molecular weight is 348 g/mol. The molecule has 4 nitrogen and oxygen atoms in total. The Hall–Kier alpha value is -2.67. The summed E-state index contributed by atoms with van der Waals surface area (Å²) in [5.41, 5.74) is -2.08. The predicted octanol–water partition coefficient (Wildman–Crippen LogP) is 3.50. The van der Waals surface area contributed by atoms with Crippen molar-refractivity contribution in [2.75, 3.05) is 0 Å². The van der Waals surface area contributed by atoms with Crippen LogP contribution in [0.4, 0.5) is 13.2 Å². The van der Waals surface area contributed by atoms with Crippen LogP contribution in [0.2, 0.25) is 0 Å². The van der Waals surface area contributed by atoms with Crippen LogP contribution in [-0.2, 0) is 0 Å². The summed E-state index contributed by atoms with van der Waals surface area (Å²) >= 11 is 0. The molecule has 1 amide bonds. The van der Waals surface area contributed by atoms with Gasteiger partial charge in [-0.1, -0.05) is 48.0 Å². The molecule has 0 aromatic heterocycles. The first-order valence-electron chi connectivity index (χ1n) is 7.55. The Morgan fingerprint density at radius 2 is 1.84 bits per heavy atom. The zero-order valence-electron chi connectivity index (χ0n) is 13.3. The van der Waals surface area contributed by atoms with Gasteiger partial charge in [-0.15, -0.1) is 0 Å². The van der Waals surface area contributed by atoms with Crippen molar-refractivity contribution in [3.63, 3.8) is 0 Å². The maximum atomic E-state index is 13.5. The van der Waals surface area contributed by atoms with E-state index in [0.29, 0.717) is 5.56 Å². The Morgan fingerprint density at radius 1 is 1.16 bits per heavy atom. The molecular formula is C18H15F3N2O2. The summed E-state index contributed by atoms with van der Waals surface area (Å²) in [7, 11) is 0. The molecule has 0 saturated carbocycles. The van der Waals surface area contributed by atoms with Crippen LogP contribution in [-0.4, -0.2) is 33.6 Å². The van der Waals surface area contributed by atoms with Crippen molar-refractivity contribution in [1.82, 2.24) is 5.01 Å². The van der Waals surface area contributed by atoms with E-state index in [9.17, 15) is 23.1 Å². The van der Waals surface area contributed by atoms with Gasteiger partial charge in [0.15, 0.2) is 0 Å². The third-order valence-electron chi connectivity index (χ3n) is 4.00. The summed E-state index contributed by atoms with van der Waals surface area (Å²) in [5, 5.41) is 14.3. The molecule has 130 valence electrons. The highest BCUT2D eigenvalue weighted by atomic mass is 19.4. The van der Waals surface area contributed by atoms with Gasteiger partial charge >= 0.3 is 6.18 Å². The Kier molecular flexibility index (Phi) is 4.12. The zero-order valence-corrected chi connectivity index (χ0v) is 13.3. The molecule has 2 aromatic carbocycles. The summed E-state index contributed by atoms with van der Waals surface area (Å²) in [6.45, 7) is 1.79. The first-order chi connectivity index (χ1) is 11.7.